The number of halogens is 2. The number of nitrogens with one attached hydrogen (secondary N) is 2. The van der Waals surface area contributed by atoms with E-state index in [1.54, 1.807) is 25.1 Å². The van der Waals surface area contributed by atoms with Crippen LogP contribution < -0.4 is 16.6 Å². The van der Waals surface area contributed by atoms with Gasteiger partial charge in [-0.15, -0.1) is 0 Å². The Labute approximate surface area is 124 Å². The Morgan fingerprint density at radius 2 is 2.10 bits per heavy atom. The number of hydrogen-bond acceptors (Lipinski definition) is 3. The number of aromatic nitrogens is 2. The fourth-order valence-corrected chi connectivity index (χ4v) is 1.78. The number of aryl methyl sites for hydroxylation is 1. The number of hydrogen-bond donors (Lipinski definition) is 3. The maximum Gasteiger partial charge on any atom is 0.252 e. The molecular formula is C12H11Cl2N5O. The van der Waals surface area contributed by atoms with Gasteiger partial charge in [0.15, 0.2) is 0 Å². The molecule has 4 N–H and O–H groups in total. The minimum Gasteiger partial charge on any atom is -0.369 e. The van der Waals surface area contributed by atoms with Crippen LogP contribution in [0.1, 0.15) is 5.69 Å². The van der Waals surface area contributed by atoms with Crippen LogP contribution in [0.2, 0.25) is 10.0 Å². The average molecular weight is 312 g/mol. The zero-order chi connectivity index (χ0) is 14.7. The standard InChI is InChI=1S/C12H11Cl2N5O/c1-6-4-10(20)18-12(16-6)19-11(15)17-7-2-3-8(13)9(14)5-7/h2-5H,1H3,(H4,15,16,17,18,19,20). The van der Waals surface area contributed by atoms with E-state index in [2.05, 4.69) is 20.3 Å². The Morgan fingerprint density at radius 3 is 2.75 bits per heavy atom. The summed E-state index contributed by atoms with van der Waals surface area (Å²) in [5.41, 5.74) is 6.61. The summed E-state index contributed by atoms with van der Waals surface area (Å²) in [6, 6.07) is 6.30. The number of aromatic amines is 1. The minimum absolute atomic E-state index is 0.0668. The van der Waals surface area contributed by atoms with Gasteiger partial charge in [-0.2, -0.15) is 4.99 Å². The molecule has 0 atom stereocenters. The number of rotatable bonds is 2. The molecule has 2 rings (SSSR count). The Balaban J connectivity index is 2.22. The van der Waals surface area contributed by atoms with E-state index in [0.29, 0.717) is 21.4 Å². The van der Waals surface area contributed by atoms with Gasteiger partial charge in [0.2, 0.25) is 11.9 Å². The lowest BCUT2D eigenvalue weighted by Gasteiger charge is -2.06. The highest BCUT2D eigenvalue weighted by Gasteiger charge is 2.02. The molecule has 0 fully saturated rings. The molecule has 0 radical (unpaired) electrons. The molecule has 0 bridgehead atoms. The number of nitrogens with zero attached hydrogens (tertiary/aromatic N) is 2. The van der Waals surface area contributed by atoms with Crippen molar-refractivity contribution < 1.29 is 0 Å². The van der Waals surface area contributed by atoms with Crippen LogP contribution >= 0.6 is 23.2 Å². The lowest BCUT2D eigenvalue weighted by Crippen LogP contribution is -2.22. The van der Waals surface area contributed by atoms with Gasteiger partial charge in [-0.25, -0.2) is 4.98 Å². The zero-order valence-corrected chi connectivity index (χ0v) is 12.0. The van der Waals surface area contributed by atoms with Crippen molar-refractivity contribution in [1.29, 1.82) is 0 Å². The van der Waals surface area contributed by atoms with Gasteiger partial charge in [0.1, 0.15) is 0 Å². The number of guanidine groups is 1. The minimum atomic E-state index is -0.293. The number of anilines is 1. The number of aliphatic imine (C=N–C) groups is 1. The molecule has 8 heteroatoms. The molecule has 0 saturated carbocycles. The molecule has 0 aliphatic carbocycles. The van der Waals surface area contributed by atoms with Crippen LogP contribution in [0.15, 0.2) is 34.1 Å². The van der Waals surface area contributed by atoms with E-state index in [0.717, 1.165) is 0 Å². The van der Waals surface area contributed by atoms with E-state index in [1.165, 1.54) is 6.07 Å². The largest absolute Gasteiger partial charge is 0.369 e. The van der Waals surface area contributed by atoms with Gasteiger partial charge >= 0.3 is 0 Å². The highest BCUT2D eigenvalue weighted by atomic mass is 35.5. The number of benzene rings is 1. The third-order valence-corrected chi connectivity index (χ3v) is 3.01. The molecule has 0 aliphatic heterocycles. The summed E-state index contributed by atoms with van der Waals surface area (Å²) >= 11 is 11.7. The second kappa shape index (κ2) is 5.94. The Bertz CT molecular complexity index is 726. The van der Waals surface area contributed by atoms with E-state index in [4.69, 9.17) is 28.9 Å². The predicted octanol–water partition coefficient (Wildman–Crippen LogP) is 2.44. The quantitative estimate of drug-likeness (QED) is 0.586. The molecule has 20 heavy (non-hydrogen) atoms. The fourth-order valence-electron chi connectivity index (χ4n) is 1.48. The summed E-state index contributed by atoms with van der Waals surface area (Å²) in [5.74, 6) is 0.192. The first kappa shape index (κ1) is 14.4. The molecule has 0 aliphatic rings. The van der Waals surface area contributed by atoms with Crippen molar-refractivity contribution in [3.63, 3.8) is 0 Å². The van der Waals surface area contributed by atoms with Crippen molar-refractivity contribution in [3.05, 3.63) is 50.4 Å². The van der Waals surface area contributed by atoms with E-state index in [9.17, 15) is 4.79 Å². The van der Waals surface area contributed by atoms with E-state index in [-0.39, 0.29) is 17.5 Å². The van der Waals surface area contributed by atoms with Crippen LogP contribution in [0.4, 0.5) is 11.6 Å². The van der Waals surface area contributed by atoms with Crippen LogP contribution in [0.25, 0.3) is 0 Å². The maximum atomic E-state index is 11.3. The summed E-state index contributed by atoms with van der Waals surface area (Å²) < 4.78 is 0. The fraction of sp³-hybridized carbons (Fsp3) is 0.0833. The van der Waals surface area contributed by atoms with Crippen molar-refractivity contribution in [1.82, 2.24) is 9.97 Å². The zero-order valence-electron chi connectivity index (χ0n) is 10.4. The molecular weight excluding hydrogens is 301 g/mol. The summed E-state index contributed by atoms with van der Waals surface area (Å²) in [5, 5.41) is 3.66. The van der Waals surface area contributed by atoms with E-state index < -0.39 is 0 Å². The van der Waals surface area contributed by atoms with Gasteiger partial charge in [0, 0.05) is 17.4 Å². The molecule has 1 aromatic heterocycles. The van der Waals surface area contributed by atoms with Crippen molar-refractivity contribution in [2.75, 3.05) is 5.32 Å². The third kappa shape index (κ3) is 3.72. The maximum absolute atomic E-state index is 11.3. The van der Waals surface area contributed by atoms with Crippen LogP contribution in [0.3, 0.4) is 0 Å². The van der Waals surface area contributed by atoms with Gasteiger partial charge in [0.05, 0.1) is 10.0 Å². The van der Waals surface area contributed by atoms with Crippen molar-refractivity contribution in [3.8, 4) is 0 Å². The van der Waals surface area contributed by atoms with Crippen LogP contribution in [-0.4, -0.2) is 15.9 Å². The van der Waals surface area contributed by atoms with Gasteiger partial charge < -0.3 is 11.1 Å². The molecule has 0 spiro atoms. The molecule has 0 unspecified atom stereocenters. The highest BCUT2D eigenvalue weighted by Crippen LogP contribution is 2.24. The number of H-pyrrole nitrogens is 1. The summed E-state index contributed by atoms with van der Waals surface area (Å²) in [7, 11) is 0. The van der Waals surface area contributed by atoms with Crippen LogP contribution in [-0.2, 0) is 0 Å². The van der Waals surface area contributed by atoms with Gasteiger partial charge in [-0.3, -0.25) is 9.78 Å². The normalized spacial score (nSPS) is 11.4. The predicted molar refractivity (Wildman–Crippen MR) is 81.0 cm³/mol. The molecule has 1 aromatic carbocycles. The van der Waals surface area contributed by atoms with Crippen molar-refractivity contribution in [2.24, 2.45) is 10.7 Å². The first-order chi connectivity index (χ1) is 9.44. The highest BCUT2D eigenvalue weighted by molar-refractivity contribution is 6.42. The Kier molecular flexibility index (Phi) is 4.26. The first-order valence-corrected chi connectivity index (χ1v) is 6.34. The van der Waals surface area contributed by atoms with E-state index >= 15 is 0 Å². The summed E-state index contributed by atoms with van der Waals surface area (Å²) in [6.07, 6.45) is 0. The Morgan fingerprint density at radius 1 is 1.35 bits per heavy atom. The smallest absolute Gasteiger partial charge is 0.252 e. The van der Waals surface area contributed by atoms with Crippen LogP contribution in [0.5, 0.6) is 0 Å². The molecule has 0 saturated heterocycles. The van der Waals surface area contributed by atoms with Crippen molar-refractivity contribution >= 4 is 40.8 Å². The second-order valence-corrected chi connectivity index (χ2v) is 4.78. The lowest BCUT2D eigenvalue weighted by molar-refractivity contribution is 1.05. The van der Waals surface area contributed by atoms with Gasteiger partial charge in [-0.05, 0) is 25.1 Å². The topological polar surface area (TPSA) is 96.2 Å². The number of nitrogens with two attached hydrogens (primary N) is 1. The summed E-state index contributed by atoms with van der Waals surface area (Å²) in [6.45, 7) is 1.69. The second-order valence-electron chi connectivity index (χ2n) is 3.96. The molecule has 1 heterocycles. The van der Waals surface area contributed by atoms with Gasteiger partial charge in [0.25, 0.3) is 5.56 Å². The van der Waals surface area contributed by atoms with E-state index in [1.807, 2.05) is 0 Å². The molecule has 2 aromatic rings. The molecule has 0 amide bonds. The Hall–Kier alpha value is -2.05. The average Bonchev–Trinajstić information content (AvgIpc) is 2.32. The summed E-state index contributed by atoms with van der Waals surface area (Å²) in [4.78, 5) is 21.7. The first-order valence-electron chi connectivity index (χ1n) is 5.58. The lowest BCUT2D eigenvalue weighted by atomic mass is 10.3. The molecule has 104 valence electrons. The van der Waals surface area contributed by atoms with Crippen molar-refractivity contribution in [2.45, 2.75) is 6.92 Å². The monoisotopic (exact) mass is 311 g/mol. The van der Waals surface area contributed by atoms with Gasteiger partial charge in [-0.1, -0.05) is 23.2 Å². The van der Waals surface area contributed by atoms with Crippen LogP contribution in [0, 0.1) is 6.92 Å². The SMILES string of the molecule is Cc1cc(=O)[nH]c(/N=C(\N)Nc2ccc(Cl)c(Cl)c2)n1. The molecule has 6 nitrogen and oxygen atoms in total. The third-order valence-electron chi connectivity index (χ3n) is 2.28.